The molecule has 2 aromatic carbocycles. The van der Waals surface area contributed by atoms with E-state index in [1.165, 1.54) is 16.7 Å². The van der Waals surface area contributed by atoms with Crippen molar-refractivity contribution < 1.29 is 24.1 Å². The number of methoxy groups -OCH3 is 2. The predicted molar refractivity (Wildman–Crippen MR) is 133 cm³/mol. The maximum absolute atomic E-state index is 13.0. The predicted octanol–water partition coefficient (Wildman–Crippen LogP) is 4.04. The molecule has 1 aliphatic heterocycles. The molecule has 1 saturated heterocycles. The average molecular weight is 471 g/mol. The standard InChI is InChI=1S/C27H38N2O5/c1-17(30)16-34-24-14-21(13-23(15-24)32-5)27(31)28-22-9-11-29(12-10-22)20(4)25-7-8-26(33-6)19(3)18(25)2/h7-8,13-15,17,20,22,30H,9-12,16H2,1-6H3,(H,28,31)/t17-,20?/m1/s1. The van der Waals surface area contributed by atoms with Crippen LogP contribution in [0.2, 0.25) is 0 Å². The van der Waals surface area contributed by atoms with Crippen LogP contribution in [0.15, 0.2) is 30.3 Å². The highest BCUT2D eigenvalue weighted by Crippen LogP contribution is 2.32. The molecule has 2 N–H and O–H groups in total. The molecule has 1 aliphatic rings. The lowest BCUT2D eigenvalue weighted by Crippen LogP contribution is -2.45. The Labute approximate surface area is 203 Å². The molecule has 1 amide bonds. The van der Waals surface area contributed by atoms with Gasteiger partial charge in [0.2, 0.25) is 0 Å². The van der Waals surface area contributed by atoms with Gasteiger partial charge in [-0.15, -0.1) is 0 Å². The highest BCUT2D eigenvalue weighted by Gasteiger charge is 2.26. The molecule has 2 atom stereocenters. The number of carbonyl (C=O) groups is 1. The first-order chi connectivity index (χ1) is 16.2. The summed E-state index contributed by atoms with van der Waals surface area (Å²) >= 11 is 0. The fraction of sp³-hybridized carbons (Fsp3) is 0.519. The number of hydrogen-bond acceptors (Lipinski definition) is 6. The van der Waals surface area contributed by atoms with Crippen molar-refractivity contribution in [3.8, 4) is 17.2 Å². The zero-order valence-electron chi connectivity index (χ0n) is 21.2. The van der Waals surface area contributed by atoms with Crippen LogP contribution in [-0.4, -0.2) is 62.0 Å². The summed E-state index contributed by atoms with van der Waals surface area (Å²) in [7, 11) is 3.26. The van der Waals surface area contributed by atoms with Crippen LogP contribution in [-0.2, 0) is 0 Å². The molecule has 0 spiro atoms. The third kappa shape index (κ3) is 6.21. The molecule has 1 unspecified atom stereocenters. The summed E-state index contributed by atoms with van der Waals surface area (Å²) in [5.41, 5.74) is 4.26. The van der Waals surface area contributed by atoms with Crippen LogP contribution < -0.4 is 19.5 Å². The van der Waals surface area contributed by atoms with Gasteiger partial charge in [-0.2, -0.15) is 0 Å². The topological polar surface area (TPSA) is 80.3 Å². The van der Waals surface area contributed by atoms with E-state index < -0.39 is 6.10 Å². The second-order valence-corrected chi connectivity index (χ2v) is 9.12. The van der Waals surface area contributed by atoms with Crippen molar-refractivity contribution in [3.05, 3.63) is 52.6 Å². The van der Waals surface area contributed by atoms with Gasteiger partial charge < -0.3 is 24.6 Å². The van der Waals surface area contributed by atoms with Crippen LogP contribution in [0.25, 0.3) is 0 Å². The maximum atomic E-state index is 13.0. The van der Waals surface area contributed by atoms with E-state index in [9.17, 15) is 9.90 Å². The number of likely N-dealkylation sites (tertiary alicyclic amines) is 1. The normalized spacial score (nSPS) is 16.6. The Morgan fingerprint density at radius 2 is 1.74 bits per heavy atom. The molecule has 7 heteroatoms. The van der Waals surface area contributed by atoms with E-state index in [2.05, 4.69) is 43.1 Å². The Bertz CT molecular complexity index is 983. The molecule has 186 valence electrons. The minimum atomic E-state index is -0.596. The highest BCUT2D eigenvalue weighted by molar-refractivity contribution is 5.95. The highest BCUT2D eigenvalue weighted by atomic mass is 16.5. The lowest BCUT2D eigenvalue weighted by molar-refractivity contribution is 0.0894. The quantitative estimate of drug-likeness (QED) is 0.576. The summed E-state index contributed by atoms with van der Waals surface area (Å²) in [5, 5.41) is 12.6. The first kappa shape index (κ1) is 25.8. The number of piperidine rings is 1. The lowest BCUT2D eigenvalue weighted by atomic mass is 9.94. The Balaban J connectivity index is 1.60. The number of benzene rings is 2. The number of aliphatic hydroxyl groups excluding tert-OH is 1. The Hall–Kier alpha value is -2.77. The minimum Gasteiger partial charge on any atom is -0.497 e. The number of nitrogens with one attached hydrogen (secondary N) is 1. The molecule has 0 bridgehead atoms. The molecular formula is C27H38N2O5. The van der Waals surface area contributed by atoms with Gasteiger partial charge in [-0.1, -0.05) is 6.07 Å². The molecule has 7 nitrogen and oxygen atoms in total. The van der Waals surface area contributed by atoms with Crippen molar-refractivity contribution in [1.82, 2.24) is 10.2 Å². The molecule has 0 saturated carbocycles. The van der Waals surface area contributed by atoms with Gasteiger partial charge in [-0.3, -0.25) is 9.69 Å². The zero-order valence-corrected chi connectivity index (χ0v) is 21.2. The third-order valence-corrected chi connectivity index (χ3v) is 6.73. The fourth-order valence-electron chi connectivity index (χ4n) is 4.51. The Kier molecular flexibility index (Phi) is 8.80. The summed E-state index contributed by atoms with van der Waals surface area (Å²) in [6, 6.07) is 9.73. The van der Waals surface area contributed by atoms with Gasteiger partial charge in [0.05, 0.1) is 20.3 Å². The molecule has 1 heterocycles. The molecule has 0 aliphatic carbocycles. The summed E-state index contributed by atoms with van der Waals surface area (Å²) in [4.78, 5) is 15.4. The summed E-state index contributed by atoms with van der Waals surface area (Å²) in [6.07, 6.45) is 1.18. The molecule has 1 fully saturated rings. The number of hydrogen-bond donors (Lipinski definition) is 2. The monoisotopic (exact) mass is 470 g/mol. The fourth-order valence-corrected chi connectivity index (χ4v) is 4.51. The number of aliphatic hydroxyl groups is 1. The first-order valence-corrected chi connectivity index (χ1v) is 11.9. The van der Waals surface area contributed by atoms with Gasteiger partial charge in [0.1, 0.15) is 23.9 Å². The van der Waals surface area contributed by atoms with Gasteiger partial charge >= 0.3 is 0 Å². The SMILES string of the molecule is COc1cc(OC[C@@H](C)O)cc(C(=O)NC2CCN(C(C)c3ccc(OC)c(C)c3C)CC2)c1. The van der Waals surface area contributed by atoms with E-state index in [0.717, 1.165) is 31.7 Å². The number of carbonyl (C=O) groups excluding carboxylic acids is 1. The second kappa shape index (κ2) is 11.6. The zero-order chi connectivity index (χ0) is 24.8. The van der Waals surface area contributed by atoms with Crippen LogP contribution in [0.4, 0.5) is 0 Å². The molecule has 3 rings (SSSR count). The van der Waals surface area contributed by atoms with Crippen molar-refractivity contribution in [2.24, 2.45) is 0 Å². The largest absolute Gasteiger partial charge is 0.497 e. The van der Waals surface area contributed by atoms with Gasteiger partial charge in [-0.05, 0) is 75.4 Å². The van der Waals surface area contributed by atoms with Crippen molar-refractivity contribution in [1.29, 1.82) is 0 Å². The van der Waals surface area contributed by atoms with Crippen LogP contribution in [0.5, 0.6) is 17.2 Å². The van der Waals surface area contributed by atoms with Crippen LogP contribution >= 0.6 is 0 Å². The number of rotatable bonds is 9. The van der Waals surface area contributed by atoms with Gasteiger partial charge in [0, 0.05) is 36.8 Å². The summed E-state index contributed by atoms with van der Waals surface area (Å²) in [6.45, 7) is 10.1. The van der Waals surface area contributed by atoms with E-state index in [-0.39, 0.29) is 18.6 Å². The molecular weight excluding hydrogens is 432 g/mol. The molecule has 2 aromatic rings. The van der Waals surface area contributed by atoms with Crippen molar-refractivity contribution in [2.75, 3.05) is 33.9 Å². The average Bonchev–Trinajstić information content (AvgIpc) is 2.84. The number of amides is 1. The van der Waals surface area contributed by atoms with Crippen molar-refractivity contribution >= 4 is 5.91 Å². The van der Waals surface area contributed by atoms with Crippen molar-refractivity contribution in [3.63, 3.8) is 0 Å². The van der Waals surface area contributed by atoms with E-state index in [1.54, 1.807) is 39.3 Å². The summed E-state index contributed by atoms with van der Waals surface area (Å²) in [5.74, 6) is 1.82. The Morgan fingerprint density at radius 1 is 1.06 bits per heavy atom. The van der Waals surface area contributed by atoms with Crippen LogP contribution in [0, 0.1) is 13.8 Å². The Morgan fingerprint density at radius 3 is 2.35 bits per heavy atom. The van der Waals surface area contributed by atoms with E-state index in [0.29, 0.717) is 23.1 Å². The summed E-state index contributed by atoms with van der Waals surface area (Å²) < 4.78 is 16.4. The van der Waals surface area contributed by atoms with Gasteiger partial charge in [-0.25, -0.2) is 0 Å². The van der Waals surface area contributed by atoms with E-state index in [1.807, 2.05) is 0 Å². The van der Waals surface area contributed by atoms with Crippen molar-refractivity contribution in [2.45, 2.75) is 58.7 Å². The second-order valence-electron chi connectivity index (χ2n) is 9.12. The minimum absolute atomic E-state index is 0.114. The van der Waals surface area contributed by atoms with Crippen LogP contribution in [0.1, 0.15) is 59.8 Å². The van der Waals surface area contributed by atoms with Gasteiger partial charge in [0.25, 0.3) is 5.91 Å². The molecule has 34 heavy (non-hydrogen) atoms. The van der Waals surface area contributed by atoms with E-state index >= 15 is 0 Å². The maximum Gasteiger partial charge on any atom is 0.251 e. The smallest absolute Gasteiger partial charge is 0.251 e. The lowest BCUT2D eigenvalue weighted by Gasteiger charge is -2.37. The van der Waals surface area contributed by atoms with Crippen LogP contribution in [0.3, 0.4) is 0 Å². The van der Waals surface area contributed by atoms with Gasteiger partial charge in [0.15, 0.2) is 0 Å². The number of nitrogens with zero attached hydrogens (tertiary/aromatic N) is 1. The molecule has 0 aromatic heterocycles. The first-order valence-electron chi connectivity index (χ1n) is 11.9. The third-order valence-electron chi connectivity index (χ3n) is 6.73. The molecule has 0 radical (unpaired) electrons. The van der Waals surface area contributed by atoms with E-state index in [4.69, 9.17) is 14.2 Å². The number of ether oxygens (including phenoxy) is 3.